The molecule has 2 fully saturated rings. The van der Waals surface area contributed by atoms with Gasteiger partial charge >= 0.3 is 0 Å². The van der Waals surface area contributed by atoms with Crippen molar-refractivity contribution in [2.24, 2.45) is 0 Å². The van der Waals surface area contributed by atoms with Gasteiger partial charge in [-0.15, -0.1) is 0 Å². The molecule has 5 nitrogen and oxygen atoms in total. The molecule has 2 aliphatic heterocycles. The van der Waals surface area contributed by atoms with Crippen LogP contribution in [0.4, 0.5) is 8.78 Å². The number of likely N-dealkylation sites (tertiary alicyclic amines) is 1. The monoisotopic (exact) mass is 470 g/mol. The highest BCUT2D eigenvalue weighted by atomic mass is 19.1. The first-order valence-corrected chi connectivity index (χ1v) is 12.5. The fraction of sp³-hybridized carbons (Fsp3) is 0.519. The molecule has 4 rings (SSSR count). The maximum Gasteiger partial charge on any atom is 0.234 e. The summed E-state index contributed by atoms with van der Waals surface area (Å²) in [6.45, 7) is 8.83. The second-order valence-corrected chi connectivity index (χ2v) is 9.48. The van der Waals surface area contributed by atoms with Crippen molar-refractivity contribution < 1.29 is 13.6 Å². The second kappa shape index (κ2) is 12.4. The number of nitrogens with one attached hydrogen (secondary N) is 1. The predicted molar refractivity (Wildman–Crippen MR) is 131 cm³/mol. The highest BCUT2D eigenvalue weighted by Crippen LogP contribution is 2.23. The topological polar surface area (TPSA) is 38.8 Å². The van der Waals surface area contributed by atoms with Crippen molar-refractivity contribution in [2.45, 2.75) is 31.7 Å². The molecular weight excluding hydrogens is 434 g/mol. The first kappa shape index (κ1) is 24.8. The van der Waals surface area contributed by atoms with Crippen LogP contribution in [0.3, 0.4) is 0 Å². The standard InChI is InChI=1S/C27H36F2N4O/c28-24-9-5-22(6-10-24)27(23-7-11-25(29)12-8-23)30-26(34)21-33-19-17-32(18-20-33)16-4-15-31-13-2-1-3-14-31/h5-12,27H,1-4,13-21H2,(H,30,34). The number of nitrogens with zero attached hydrogens (tertiary/aromatic N) is 3. The third-order valence-corrected chi connectivity index (χ3v) is 6.94. The Hall–Kier alpha value is -2.35. The van der Waals surface area contributed by atoms with Crippen LogP contribution in [0.15, 0.2) is 48.5 Å². The minimum Gasteiger partial charge on any atom is -0.344 e. The van der Waals surface area contributed by atoms with Crippen LogP contribution >= 0.6 is 0 Å². The van der Waals surface area contributed by atoms with Gasteiger partial charge in [0.25, 0.3) is 0 Å². The zero-order valence-electron chi connectivity index (χ0n) is 19.9. The van der Waals surface area contributed by atoms with E-state index in [9.17, 15) is 13.6 Å². The van der Waals surface area contributed by atoms with Gasteiger partial charge in [-0.25, -0.2) is 8.78 Å². The Morgan fingerprint density at radius 1 is 0.706 bits per heavy atom. The third-order valence-electron chi connectivity index (χ3n) is 6.94. The van der Waals surface area contributed by atoms with Gasteiger partial charge in [0, 0.05) is 26.2 Å². The van der Waals surface area contributed by atoms with Gasteiger partial charge in [0.2, 0.25) is 5.91 Å². The van der Waals surface area contributed by atoms with E-state index in [2.05, 4.69) is 20.0 Å². The van der Waals surface area contributed by atoms with E-state index in [1.807, 2.05) is 0 Å². The average molecular weight is 471 g/mol. The molecule has 0 atom stereocenters. The summed E-state index contributed by atoms with van der Waals surface area (Å²) in [7, 11) is 0. The number of hydrogen-bond donors (Lipinski definition) is 1. The maximum atomic E-state index is 13.4. The van der Waals surface area contributed by atoms with Crippen molar-refractivity contribution in [3.05, 3.63) is 71.3 Å². The van der Waals surface area contributed by atoms with Crippen LogP contribution in [0.5, 0.6) is 0 Å². The summed E-state index contributed by atoms with van der Waals surface area (Å²) in [5.74, 6) is -0.749. The van der Waals surface area contributed by atoms with Crippen molar-refractivity contribution in [3.8, 4) is 0 Å². The minimum absolute atomic E-state index is 0.0859. The van der Waals surface area contributed by atoms with Gasteiger partial charge < -0.3 is 15.1 Å². The molecular formula is C27H36F2N4O. The summed E-state index contributed by atoms with van der Waals surface area (Å²) in [6.07, 6.45) is 5.26. The van der Waals surface area contributed by atoms with Crippen LogP contribution in [0, 0.1) is 11.6 Å². The van der Waals surface area contributed by atoms with Gasteiger partial charge in [-0.05, 0) is 80.8 Å². The fourth-order valence-corrected chi connectivity index (χ4v) is 4.95. The van der Waals surface area contributed by atoms with Crippen molar-refractivity contribution >= 4 is 5.91 Å². The molecule has 2 aromatic carbocycles. The lowest BCUT2D eigenvalue weighted by Crippen LogP contribution is -2.50. The lowest BCUT2D eigenvalue weighted by molar-refractivity contribution is -0.123. The van der Waals surface area contributed by atoms with E-state index < -0.39 is 6.04 Å². The summed E-state index contributed by atoms with van der Waals surface area (Å²) >= 11 is 0. The molecule has 2 aromatic rings. The van der Waals surface area contributed by atoms with Crippen LogP contribution in [-0.4, -0.2) is 79.5 Å². The van der Waals surface area contributed by atoms with Crippen LogP contribution < -0.4 is 5.32 Å². The lowest BCUT2D eigenvalue weighted by Gasteiger charge is -2.35. The fourth-order valence-electron chi connectivity index (χ4n) is 4.95. The lowest BCUT2D eigenvalue weighted by atomic mass is 9.98. The van der Waals surface area contributed by atoms with Crippen LogP contribution in [0.2, 0.25) is 0 Å². The van der Waals surface area contributed by atoms with Gasteiger partial charge in [-0.1, -0.05) is 30.7 Å². The number of rotatable bonds is 9. The number of hydrogen-bond acceptors (Lipinski definition) is 4. The zero-order chi connectivity index (χ0) is 23.8. The first-order valence-electron chi connectivity index (χ1n) is 12.5. The quantitative estimate of drug-likeness (QED) is 0.607. The number of benzene rings is 2. The van der Waals surface area contributed by atoms with Gasteiger partial charge in [0.05, 0.1) is 12.6 Å². The van der Waals surface area contributed by atoms with E-state index in [1.165, 1.54) is 69.6 Å². The van der Waals surface area contributed by atoms with E-state index in [-0.39, 0.29) is 17.5 Å². The Labute approximate surface area is 201 Å². The van der Waals surface area contributed by atoms with Gasteiger partial charge in [0.1, 0.15) is 11.6 Å². The number of carbonyl (C=O) groups is 1. The molecule has 1 amide bonds. The molecule has 7 heteroatoms. The predicted octanol–water partition coefficient (Wildman–Crippen LogP) is 3.66. The molecule has 0 bridgehead atoms. The van der Waals surface area contributed by atoms with Crippen molar-refractivity contribution in [2.75, 3.05) is 58.9 Å². The second-order valence-electron chi connectivity index (χ2n) is 9.48. The molecule has 1 N–H and O–H groups in total. The zero-order valence-corrected chi connectivity index (χ0v) is 19.9. The van der Waals surface area contributed by atoms with Gasteiger partial charge in [0.15, 0.2) is 0 Å². The van der Waals surface area contributed by atoms with Gasteiger partial charge in [-0.3, -0.25) is 9.69 Å². The maximum absolute atomic E-state index is 13.4. The number of amides is 1. The van der Waals surface area contributed by atoms with E-state index in [4.69, 9.17) is 0 Å². The molecule has 184 valence electrons. The van der Waals surface area contributed by atoms with Crippen molar-refractivity contribution in [1.29, 1.82) is 0 Å². The largest absolute Gasteiger partial charge is 0.344 e. The van der Waals surface area contributed by atoms with Crippen LogP contribution in [-0.2, 0) is 4.79 Å². The Kier molecular flexibility index (Phi) is 9.02. The number of piperazine rings is 1. The first-order chi connectivity index (χ1) is 16.6. The Morgan fingerprint density at radius 3 is 1.71 bits per heavy atom. The molecule has 0 unspecified atom stereocenters. The number of halogens is 2. The van der Waals surface area contributed by atoms with Crippen molar-refractivity contribution in [1.82, 2.24) is 20.0 Å². The van der Waals surface area contributed by atoms with E-state index >= 15 is 0 Å². The molecule has 34 heavy (non-hydrogen) atoms. The average Bonchev–Trinajstić information content (AvgIpc) is 2.86. The SMILES string of the molecule is O=C(CN1CCN(CCCN2CCCCC2)CC1)NC(c1ccc(F)cc1)c1ccc(F)cc1. The van der Waals surface area contributed by atoms with E-state index in [0.29, 0.717) is 6.54 Å². The molecule has 0 radical (unpaired) electrons. The molecule has 0 aromatic heterocycles. The third kappa shape index (κ3) is 7.32. The Balaban J connectivity index is 1.25. The minimum atomic E-state index is -0.454. The Morgan fingerprint density at radius 2 is 1.18 bits per heavy atom. The summed E-state index contributed by atoms with van der Waals surface area (Å²) in [5.41, 5.74) is 1.53. The van der Waals surface area contributed by atoms with Crippen LogP contribution in [0.1, 0.15) is 42.9 Å². The highest BCUT2D eigenvalue weighted by Gasteiger charge is 2.22. The molecule has 2 heterocycles. The molecule has 2 saturated heterocycles. The van der Waals surface area contributed by atoms with Crippen molar-refractivity contribution in [3.63, 3.8) is 0 Å². The summed E-state index contributed by atoms with van der Waals surface area (Å²) in [6, 6.07) is 11.7. The molecule has 0 spiro atoms. The van der Waals surface area contributed by atoms with E-state index in [0.717, 1.165) is 43.9 Å². The summed E-state index contributed by atoms with van der Waals surface area (Å²) in [5, 5.41) is 3.07. The molecule has 0 aliphatic carbocycles. The molecule has 2 aliphatic rings. The Bertz CT molecular complexity index is 846. The molecule has 0 saturated carbocycles. The van der Waals surface area contributed by atoms with Crippen LogP contribution in [0.25, 0.3) is 0 Å². The number of piperidine rings is 1. The summed E-state index contributed by atoms with van der Waals surface area (Å²) < 4.78 is 26.9. The smallest absolute Gasteiger partial charge is 0.234 e. The van der Waals surface area contributed by atoms with Gasteiger partial charge in [-0.2, -0.15) is 0 Å². The summed E-state index contributed by atoms with van der Waals surface area (Å²) in [4.78, 5) is 20.2. The number of carbonyl (C=O) groups excluding carboxylic acids is 1. The van der Waals surface area contributed by atoms with E-state index in [1.54, 1.807) is 24.3 Å². The normalized spacial score (nSPS) is 18.3. The highest BCUT2D eigenvalue weighted by molar-refractivity contribution is 5.79.